The Morgan fingerprint density at radius 3 is 2.33 bits per heavy atom. The Kier molecular flexibility index (Phi) is 3.50. The molecule has 0 aliphatic carbocycles. The molecule has 4 nitrogen and oxygen atoms in total. The van der Waals surface area contributed by atoms with Gasteiger partial charge in [0.1, 0.15) is 17.7 Å². The SMILES string of the molecule is COc1ccc(-c2ncnc3c2cc(-c2ccccc2)n3C)cc1. The Balaban J connectivity index is 1.91. The first-order chi connectivity index (χ1) is 11.8. The maximum atomic E-state index is 5.24. The Labute approximate surface area is 140 Å². The van der Waals surface area contributed by atoms with Crippen molar-refractivity contribution in [2.45, 2.75) is 0 Å². The fraction of sp³-hybridized carbons (Fsp3) is 0.100. The zero-order valence-electron chi connectivity index (χ0n) is 13.6. The van der Waals surface area contributed by atoms with Crippen LogP contribution in [0.3, 0.4) is 0 Å². The van der Waals surface area contributed by atoms with Crippen molar-refractivity contribution in [2.75, 3.05) is 7.11 Å². The van der Waals surface area contributed by atoms with Crippen LogP contribution in [0.4, 0.5) is 0 Å². The van der Waals surface area contributed by atoms with Gasteiger partial charge >= 0.3 is 0 Å². The van der Waals surface area contributed by atoms with Crippen molar-refractivity contribution in [1.82, 2.24) is 14.5 Å². The third-order valence-electron chi connectivity index (χ3n) is 4.26. The topological polar surface area (TPSA) is 39.9 Å². The molecule has 0 saturated carbocycles. The molecule has 4 aromatic rings. The van der Waals surface area contributed by atoms with E-state index in [4.69, 9.17) is 4.74 Å². The number of ether oxygens (including phenoxy) is 1. The molecule has 118 valence electrons. The molecule has 0 atom stereocenters. The largest absolute Gasteiger partial charge is 0.497 e. The van der Waals surface area contributed by atoms with Crippen LogP contribution in [0.2, 0.25) is 0 Å². The predicted octanol–water partition coefficient (Wildman–Crippen LogP) is 4.31. The van der Waals surface area contributed by atoms with Gasteiger partial charge in [-0.25, -0.2) is 9.97 Å². The van der Waals surface area contributed by atoms with Crippen LogP contribution >= 0.6 is 0 Å². The second kappa shape index (κ2) is 5.81. The van der Waals surface area contributed by atoms with Gasteiger partial charge in [0.2, 0.25) is 0 Å². The summed E-state index contributed by atoms with van der Waals surface area (Å²) in [5.41, 5.74) is 5.20. The number of hydrogen-bond acceptors (Lipinski definition) is 3. The molecular weight excluding hydrogens is 298 g/mol. The zero-order chi connectivity index (χ0) is 16.5. The molecule has 2 aromatic carbocycles. The first-order valence-corrected chi connectivity index (χ1v) is 7.78. The summed E-state index contributed by atoms with van der Waals surface area (Å²) >= 11 is 0. The normalized spacial score (nSPS) is 10.9. The van der Waals surface area contributed by atoms with Crippen LogP contribution < -0.4 is 4.74 Å². The van der Waals surface area contributed by atoms with Crippen molar-refractivity contribution in [3.63, 3.8) is 0 Å². The van der Waals surface area contributed by atoms with Gasteiger partial charge in [-0.05, 0) is 35.9 Å². The molecular formula is C20H17N3O. The highest BCUT2D eigenvalue weighted by atomic mass is 16.5. The average Bonchev–Trinajstić information content (AvgIpc) is 2.99. The summed E-state index contributed by atoms with van der Waals surface area (Å²) < 4.78 is 7.35. The molecule has 0 fully saturated rings. The smallest absolute Gasteiger partial charge is 0.144 e. The molecule has 2 heterocycles. The third-order valence-corrected chi connectivity index (χ3v) is 4.26. The number of fused-ring (bicyclic) bond motifs is 1. The van der Waals surface area contributed by atoms with Crippen LogP contribution in [0.5, 0.6) is 5.75 Å². The van der Waals surface area contributed by atoms with Gasteiger partial charge < -0.3 is 9.30 Å². The van der Waals surface area contributed by atoms with E-state index in [2.05, 4.69) is 32.7 Å². The highest BCUT2D eigenvalue weighted by Crippen LogP contribution is 2.32. The van der Waals surface area contributed by atoms with E-state index in [1.807, 2.05) is 49.5 Å². The van der Waals surface area contributed by atoms with Gasteiger partial charge in [-0.2, -0.15) is 0 Å². The van der Waals surface area contributed by atoms with Crippen LogP contribution in [0.1, 0.15) is 0 Å². The molecule has 4 rings (SSSR count). The summed E-state index contributed by atoms with van der Waals surface area (Å²) in [5, 5.41) is 1.05. The molecule has 0 aliphatic rings. The van der Waals surface area contributed by atoms with Gasteiger partial charge in [0.15, 0.2) is 0 Å². The minimum Gasteiger partial charge on any atom is -0.497 e. The van der Waals surface area contributed by atoms with E-state index < -0.39 is 0 Å². The zero-order valence-corrected chi connectivity index (χ0v) is 13.6. The van der Waals surface area contributed by atoms with E-state index in [0.717, 1.165) is 33.7 Å². The van der Waals surface area contributed by atoms with E-state index in [0.29, 0.717) is 0 Å². The van der Waals surface area contributed by atoms with Crippen LogP contribution in [0.25, 0.3) is 33.5 Å². The Bertz CT molecular complexity index is 989. The standard InChI is InChI=1S/C20H17N3O/c1-23-18(14-6-4-3-5-7-14)12-17-19(21-13-22-20(17)23)15-8-10-16(24-2)11-9-15/h3-13H,1-2H3. The summed E-state index contributed by atoms with van der Waals surface area (Å²) in [4.78, 5) is 8.99. The second-order valence-electron chi connectivity index (χ2n) is 5.64. The first-order valence-electron chi connectivity index (χ1n) is 7.78. The quantitative estimate of drug-likeness (QED) is 0.565. The minimum atomic E-state index is 0.835. The van der Waals surface area contributed by atoms with Crippen LogP contribution in [-0.4, -0.2) is 21.6 Å². The van der Waals surface area contributed by atoms with Crippen molar-refractivity contribution >= 4 is 11.0 Å². The number of aryl methyl sites for hydroxylation is 1. The van der Waals surface area contributed by atoms with Gasteiger partial charge in [-0.1, -0.05) is 30.3 Å². The van der Waals surface area contributed by atoms with E-state index in [-0.39, 0.29) is 0 Å². The summed E-state index contributed by atoms with van der Waals surface area (Å²) in [7, 11) is 3.71. The van der Waals surface area contributed by atoms with E-state index in [1.165, 1.54) is 5.56 Å². The Morgan fingerprint density at radius 1 is 0.875 bits per heavy atom. The Hall–Kier alpha value is -3.14. The van der Waals surface area contributed by atoms with E-state index >= 15 is 0 Å². The van der Waals surface area contributed by atoms with Crippen molar-refractivity contribution in [1.29, 1.82) is 0 Å². The maximum absolute atomic E-state index is 5.24. The number of hydrogen-bond donors (Lipinski definition) is 0. The predicted molar refractivity (Wildman–Crippen MR) is 95.9 cm³/mol. The number of benzene rings is 2. The van der Waals surface area contributed by atoms with Crippen LogP contribution in [0.15, 0.2) is 67.0 Å². The maximum Gasteiger partial charge on any atom is 0.144 e. The van der Waals surface area contributed by atoms with Crippen molar-refractivity contribution in [3.05, 3.63) is 67.0 Å². The van der Waals surface area contributed by atoms with Crippen molar-refractivity contribution in [3.8, 4) is 28.3 Å². The van der Waals surface area contributed by atoms with Crippen molar-refractivity contribution in [2.24, 2.45) is 7.05 Å². The molecule has 2 aromatic heterocycles. The second-order valence-corrected chi connectivity index (χ2v) is 5.64. The molecule has 4 heteroatoms. The molecule has 24 heavy (non-hydrogen) atoms. The highest BCUT2D eigenvalue weighted by Gasteiger charge is 2.14. The van der Waals surface area contributed by atoms with Gasteiger partial charge in [-0.15, -0.1) is 0 Å². The number of methoxy groups -OCH3 is 1. The van der Waals surface area contributed by atoms with E-state index in [9.17, 15) is 0 Å². The lowest BCUT2D eigenvalue weighted by atomic mass is 10.1. The molecule has 0 amide bonds. The summed E-state index contributed by atoms with van der Waals surface area (Å²) in [6.07, 6.45) is 1.62. The van der Waals surface area contributed by atoms with Gasteiger partial charge in [0.25, 0.3) is 0 Å². The van der Waals surface area contributed by atoms with Gasteiger partial charge in [0.05, 0.1) is 18.5 Å². The Morgan fingerprint density at radius 2 is 1.62 bits per heavy atom. The molecule has 0 saturated heterocycles. The monoisotopic (exact) mass is 315 g/mol. The van der Waals surface area contributed by atoms with Gasteiger partial charge in [0, 0.05) is 18.0 Å². The lowest BCUT2D eigenvalue weighted by molar-refractivity contribution is 0.415. The van der Waals surface area contributed by atoms with Crippen LogP contribution in [-0.2, 0) is 7.05 Å². The fourth-order valence-corrected chi connectivity index (χ4v) is 3.00. The lowest BCUT2D eigenvalue weighted by Gasteiger charge is -2.05. The minimum absolute atomic E-state index is 0.835. The summed E-state index contributed by atoms with van der Waals surface area (Å²) in [6.45, 7) is 0. The lowest BCUT2D eigenvalue weighted by Crippen LogP contribution is -1.94. The summed E-state index contributed by atoms with van der Waals surface area (Å²) in [5.74, 6) is 0.835. The van der Waals surface area contributed by atoms with Crippen LogP contribution in [0, 0.1) is 0 Å². The average molecular weight is 315 g/mol. The highest BCUT2D eigenvalue weighted by molar-refractivity contribution is 5.94. The fourth-order valence-electron chi connectivity index (χ4n) is 3.00. The molecule has 0 radical (unpaired) electrons. The third kappa shape index (κ3) is 2.33. The van der Waals surface area contributed by atoms with Gasteiger partial charge in [-0.3, -0.25) is 0 Å². The molecule has 0 aliphatic heterocycles. The van der Waals surface area contributed by atoms with Crippen molar-refractivity contribution < 1.29 is 4.74 Å². The number of rotatable bonds is 3. The first kappa shape index (κ1) is 14.5. The summed E-state index contributed by atoms with van der Waals surface area (Å²) in [6, 6.07) is 20.4. The molecule has 0 spiro atoms. The number of nitrogens with zero attached hydrogens (tertiary/aromatic N) is 3. The molecule has 0 bridgehead atoms. The van der Waals surface area contributed by atoms with E-state index in [1.54, 1.807) is 13.4 Å². The number of aromatic nitrogens is 3. The molecule has 0 N–H and O–H groups in total. The molecule has 0 unspecified atom stereocenters.